The van der Waals surface area contributed by atoms with Crippen molar-refractivity contribution >= 4 is 17.3 Å². The molecule has 2 aliphatic rings. The Morgan fingerprint density at radius 1 is 1.24 bits per heavy atom. The van der Waals surface area contributed by atoms with Gasteiger partial charge in [0, 0.05) is 26.1 Å². The second kappa shape index (κ2) is 3.70. The van der Waals surface area contributed by atoms with Crippen LogP contribution in [0.1, 0.15) is 12.8 Å². The number of benzene rings is 1. The van der Waals surface area contributed by atoms with Crippen LogP contribution in [0.15, 0.2) is 18.2 Å². The van der Waals surface area contributed by atoms with E-state index in [-0.39, 0.29) is 11.7 Å². The predicted octanol–water partition coefficient (Wildman–Crippen LogP) is 1.74. The monoisotopic (exact) mass is 236 g/mol. The molecule has 0 atom stereocenters. The number of carbonyl (C=O) groups excluding carboxylic acids is 1. The van der Waals surface area contributed by atoms with Crippen molar-refractivity contribution in [3.05, 3.63) is 24.0 Å². The minimum Gasteiger partial charge on any atom is -0.381 e. The smallest absolute Gasteiger partial charge is 0.250 e. The second-order valence-electron chi connectivity index (χ2n) is 4.46. The summed E-state index contributed by atoms with van der Waals surface area (Å²) in [4.78, 5) is 12.1. The third-order valence-electron chi connectivity index (χ3n) is 3.38. The standard InChI is InChI=1S/C12H13FN2O2/c13-8-1-2-9-10(7-8)14-11(16)12(15-9)3-5-17-6-4-12/h1-2,7,15H,3-6H2,(H,14,16). The summed E-state index contributed by atoms with van der Waals surface area (Å²) in [7, 11) is 0. The maximum absolute atomic E-state index is 13.1. The van der Waals surface area contributed by atoms with Crippen LogP contribution in [0.2, 0.25) is 0 Å². The summed E-state index contributed by atoms with van der Waals surface area (Å²) in [5.41, 5.74) is 0.684. The van der Waals surface area contributed by atoms with E-state index < -0.39 is 5.54 Å². The lowest BCUT2D eigenvalue weighted by atomic mass is 9.86. The molecule has 1 saturated heterocycles. The molecule has 4 nitrogen and oxygen atoms in total. The number of hydrogen-bond donors (Lipinski definition) is 2. The lowest BCUT2D eigenvalue weighted by Gasteiger charge is -2.41. The van der Waals surface area contributed by atoms with Crippen molar-refractivity contribution in [1.82, 2.24) is 0 Å². The molecule has 1 aromatic carbocycles. The maximum atomic E-state index is 13.1. The van der Waals surface area contributed by atoms with E-state index in [4.69, 9.17) is 4.74 Å². The van der Waals surface area contributed by atoms with Gasteiger partial charge in [0.25, 0.3) is 0 Å². The maximum Gasteiger partial charge on any atom is 0.250 e. The first kappa shape index (κ1) is 10.5. The molecular formula is C12H13FN2O2. The van der Waals surface area contributed by atoms with E-state index in [1.54, 1.807) is 6.07 Å². The van der Waals surface area contributed by atoms with Crippen molar-refractivity contribution in [3.63, 3.8) is 0 Å². The minimum atomic E-state index is -0.594. The van der Waals surface area contributed by atoms with E-state index in [1.807, 2.05) is 0 Å². The first-order valence-electron chi connectivity index (χ1n) is 5.67. The summed E-state index contributed by atoms with van der Waals surface area (Å²) in [5, 5.41) is 5.99. The zero-order chi connectivity index (χ0) is 11.9. The van der Waals surface area contributed by atoms with Crippen LogP contribution in [-0.4, -0.2) is 24.7 Å². The molecule has 1 fully saturated rings. The van der Waals surface area contributed by atoms with Crippen molar-refractivity contribution < 1.29 is 13.9 Å². The summed E-state index contributed by atoms with van der Waals surface area (Å²) >= 11 is 0. The number of amides is 1. The molecule has 0 bridgehead atoms. The van der Waals surface area contributed by atoms with Gasteiger partial charge >= 0.3 is 0 Å². The topological polar surface area (TPSA) is 50.4 Å². The molecule has 0 aliphatic carbocycles. The Hall–Kier alpha value is -1.62. The average Bonchev–Trinajstić information content (AvgIpc) is 2.33. The average molecular weight is 236 g/mol. The number of ether oxygens (including phenoxy) is 1. The highest BCUT2D eigenvalue weighted by Crippen LogP contribution is 2.36. The van der Waals surface area contributed by atoms with Crippen molar-refractivity contribution in [3.8, 4) is 0 Å². The number of hydrogen-bond acceptors (Lipinski definition) is 3. The van der Waals surface area contributed by atoms with Crippen LogP contribution < -0.4 is 10.6 Å². The van der Waals surface area contributed by atoms with Gasteiger partial charge in [0.2, 0.25) is 5.91 Å². The van der Waals surface area contributed by atoms with Gasteiger partial charge in [0.05, 0.1) is 11.4 Å². The molecule has 17 heavy (non-hydrogen) atoms. The summed E-state index contributed by atoms with van der Waals surface area (Å²) in [6, 6.07) is 4.37. The molecule has 3 rings (SSSR count). The summed E-state index contributed by atoms with van der Waals surface area (Å²) in [6.45, 7) is 1.13. The summed E-state index contributed by atoms with van der Waals surface area (Å²) in [6.07, 6.45) is 1.27. The van der Waals surface area contributed by atoms with Crippen LogP contribution in [0.3, 0.4) is 0 Å². The number of fused-ring (bicyclic) bond motifs is 1. The lowest BCUT2D eigenvalue weighted by Crippen LogP contribution is -2.55. The Balaban J connectivity index is 1.97. The van der Waals surface area contributed by atoms with Gasteiger partial charge in [-0.2, -0.15) is 0 Å². The van der Waals surface area contributed by atoms with Crippen molar-refractivity contribution in [2.75, 3.05) is 23.8 Å². The van der Waals surface area contributed by atoms with Gasteiger partial charge in [-0.15, -0.1) is 0 Å². The Morgan fingerprint density at radius 2 is 2.00 bits per heavy atom. The molecule has 2 aliphatic heterocycles. The number of nitrogens with one attached hydrogen (secondary N) is 2. The molecule has 0 aromatic heterocycles. The molecule has 1 spiro atoms. The molecule has 0 saturated carbocycles. The Kier molecular flexibility index (Phi) is 2.29. The van der Waals surface area contributed by atoms with Crippen molar-refractivity contribution in [2.24, 2.45) is 0 Å². The highest BCUT2D eigenvalue weighted by Gasteiger charge is 2.43. The molecule has 1 aromatic rings. The fourth-order valence-electron chi connectivity index (χ4n) is 2.36. The van der Waals surface area contributed by atoms with Gasteiger partial charge in [-0.05, 0) is 18.2 Å². The van der Waals surface area contributed by atoms with E-state index in [9.17, 15) is 9.18 Å². The van der Waals surface area contributed by atoms with Gasteiger partial charge in [0.1, 0.15) is 11.4 Å². The second-order valence-corrected chi connectivity index (χ2v) is 4.46. The SMILES string of the molecule is O=C1Nc2cc(F)ccc2NC12CCOCC2. The number of carbonyl (C=O) groups is 1. The van der Waals surface area contributed by atoms with E-state index in [0.29, 0.717) is 31.7 Å². The van der Waals surface area contributed by atoms with Crippen LogP contribution in [0.25, 0.3) is 0 Å². The molecule has 0 unspecified atom stereocenters. The highest BCUT2D eigenvalue weighted by molar-refractivity contribution is 6.06. The number of halogens is 1. The zero-order valence-electron chi connectivity index (χ0n) is 9.25. The van der Waals surface area contributed by atoms with Crippen LogP contribution in [0.4, 0.5) is 15.8 Å². The summed E-state index contributed by atoms with van der Waals surface area (Å²) < 4.78 is 18.3. The molecule has 1 amide bonds. The van der Waals surface area contributed by atoms with Crippen molar-refractivity contribution in [2.45, 2.75) is 18.4 Å². The fourth-order valence-corrected chi connectivity index (χ4v) is 2.36. The van der Waals surface area contributed by atoms with E-state index >= 15 is 0 Å². The molecular weight excluding hydrogens is 223 g/mol. The Morgan fingerprint density at radius 3 is 2.76 bits per heavy atom. The van der Waals surface area contributed by atoms with Crippen LogP contribution in [-0.2, 0) is 9.53 Å². The fraction of sp³-hybridized carbons (Fsp3) is 0.417. The largest absolute Gasteiger partial charge is 0.381 e. The van der Waals surface area contributed by atoms with E-state index in [1.165, 1.54) is 12.1 Å². The van der Waals surface area contributed by atoms with E-state index in [2.05, 4.69) is 10.6 Å². The first-order valence-corrected chi connectivity index (χ1v) is 5.67. The van der Waals surface area contributed by atoms with E-state index in [0.717, 1.165) is 5.69 Å². The lowest BCUT2D eigenvalue weighted by molar-refractivity contribution is -0.123. The first-order chi connectivity index (χ1) is 8.20. The van der Waals surface area contributed by atoms with Crippen LogP contribution >= 0.6 is 0 Å². The van der Waals surface area contributed by atoms with Crippen LogP contribution in [0.5, 0.6) is 0 Å². The molecule has 2 heterocycles. The Labute approximate surface area is 98.1 Å². The highest BCUT2D eigenvalue weighted by atomic mass is 19.1. The molecule has 0 radical (unpaired) electrons. The molecule has 90 valence electrons. The third-order valence-corrected chi connectivity index (χ3v) is 3.38. The summed E-state index contributed by atoms with van der Waals surface area (Å²) in [5.74, 6) is -0.451. The minimum absolute atomic E-state index is 0.0982. The molecule has 2 N–H and O–H groups in total. The quantitative estimate of drug-likeness (QED) is 0.721. The van der Waals surface area contributed by atoms with Gasteiger partial charge in [-0.25, -0.2) is 4.39 Å². The van der Waals surface area contributed by atoms with Crippen LogP contribution in [0, 0.1) is 5.82 Å². The normalized spacial score (nSPS) is 21.6. The third kappa shape index (κ3) is 1.67. The molecule has 5 heteroatoms. The van der Waals surface area contributed by atoms with Gasteiger partial charge in [-0.1, -0.05) is 0 Å². The zero-order valence-corrected chi connectivity index (χ0v) is 9.25. The number of rotatable bonds is 0. The van der Waals surface area contributed by atoms with Gasteiger partial charge in [-0.3, -0.25) is 4.79 Å². The van der Waals surface area contributed by atoms with Crippen molar-refractivity contribution in [1.29, 1.82) is 0 Å². The van der Waals surface area contributed by atoms with Gasteiger partial charge in [0.15, 0.2) is 0 Å². The predicted molar refractivity (Wildman–Crippen MR) is 61.4 cm³/mol. The van der Waals surface area contributed by atoms with Gasteiger partial charge < -0.3 is 15.4 Å². The number of anilines is 2. The Bertz CT molecular complexity index is 470.